The van der Waals surface area contributed by atoms with E-state index in [4.69, 9.17) is 11.6 Å². The summed E-state index contributed by atoms with van der Waals surface area (Å²) in [5.74, 6) is -0.223. The lowest BCUT2D eigenvalue weighted by Gasteiger charge is -2.11. The average molecular weight is 399 g/mol. The van der Waals surface area contributed by atoms with E-state index in [9.17, 15) is 9.59 Å². The number of nitrogens with one attached hydrogen (secondary N) is 2. The van der Waals surface area contributed by atoms with E-state index in [1.165, 1.54) is 11.3 Å². The fraction of sp³-hybridized carbons (Fsp3) is 0.143. The fourth-order valence-corrected chi connectivity index (χ4v) is 3.48. The Bertz CT molecular complexity index is 911. The molecule has 0 saturated heterocycles. The standard InChI is InChI=1S/C21H19ClN2O2S/c22-17-13-16(8-9-18(17)23-14-15-5-2-1-3-6-15)24-21(26)11-10-19(25)20-7-4-12-27-20/h1-9,12-13,23H,10-11,14H2,(H,24,26). The van der Waals surface area contributed by atoms with Crippen LogP contribution in [0.25, 0.3) is 0 Å². The number of rotatable bonds is 8. The molecule has 0 aliphatic carbocycles. The molecule has 4 nitrogen and oxygen atoms in total. The zero-order chi connectivity index (χ0) is 19.1. The van der Waals surface area contributed by atoms with Gasteiger partial charge in [0.1, 0.15) is 0 Å². The number of hydrogen-bond donors (Lipinski definition) is 2. The number of hydrogen-bond acceptors (Lipinski definition) is 4. The van der Waals surface area contributed by atoms with Crippen molar-refractivity contribution in [2.24, 2.45) is 0 Å². The molecule has 1 aromatic heterocycles. The van der Waals surface area contributed by atoms with E-state index < -0.39 is 0 Å². The molecule has 6 heteroatoms. The van der Waals surface area contributed by atoms with Crippen LogP contribution in [0, 0.1) is 0 Å². The molecule has 0 unspecified atom stereocenters. The molecule has 3 aromatic rings. The molecule has 0 aliphatic rings. The normalized spacial score (nSPS) is 10.4. The number of carbonyl (C=O) groups excluding carboxylic acids is 2. The molecule has 0 radical (unpaired) electrons. The van der Waals surface area contributed by atoms with Crippen molar-refractivity contribution in [3.63, 3.8) is 0 Å². The first-order valence-corrected chi connectivity index (χ1v) is 9.81. The van der Waals surface area contributed by atoms with E-state index in [2.05, 4.69) is 10.6 Å². The summed E-state index contributed by atoms with van der Waals surface area (Å²) in [4.78, 5) is 24.7. The lowest BCUT2D eigenvalue weighted by Crippen LogP contribution is -2.13. The van der Waals surface area contributed by atoms with Gasteiger partial charge >= 0.3 is 0 Å². The monoisotopic (exact) mass is 398 g/mol. The van der Waals surface area contributed by atoms with Crippen LogP contribution >= 0.6 is 22.9 Å². The second-order valence-electron chi connectivity index (χ2n) is 5.98. The third-order valence-corrected chi connectivity index (χ3v) is 5.18. The molecule has 138 valence electrons. The highest BCUT2D eigenvalue weighted by Crippen LogP contribution is 2.26. The van der Waals surface area contributed by atoms with Crippen LogP contribution < -0.4 is 10.6 Å². The van der Waals surface area contributed by atoms with Gasteiger partial charge in [-0.25, -0.2) is 0 Å². The number of ketones is 1. The fourth-order valence-electron chi connectivity index (χ4n) is 2.54. The molecule has 0 aliphatic heterocycles. The zero-order valence-corrected chi connectivity index (χ0v) is 16.1. The molecule has 1 heterocycles. The molecule has 27 heavy (non-hydrogen) atoms. The molecule has 0 spiro atoms. The van der Waals surface area contributed by atoms with Gasteiger partial charge in [-0.15, -0.1) is 11.3 Å². The summed E-state index contributed by atoms with van der Waals surface area (Å²) in [6.07, 6.45) is 0.332. The van der Waals surface area contributed by atoms with Crippen LogP contribution in [0.4, 0.5) is 11.4 Å². The Kier molecular flexibility index (Phi) is 6.63. The summed E-state index contributed by atoms with van der Waals surface area (Å²) in [6, 6.07) is 18.9. The summed E-state index contributed by atoms with van der Waals surface area (Å²) in [7, 11) is 0. The van der Waals surface area contributed by atoms with Gasteiger partial charge in [-0.05, 0) is 35.2 Å². The minimum atomic E-state index is -0.207. The highest BCUT2D eigenvalue weighted by atomic mass is 35.5. The van der Waals surface area contributed by atoms with Crippen LogP contribution in [0.15, 0.2) is 66.0 Å². The minimum Gasteiger partial charge on any atom is -0.380 e. The highest BCUT2D eigenvalue weighted by Gasteiger charge is 2.11. The van der Waals surface area contributed by atoms with Crippen molar-refractivity contribution in [1.29, 1.82) is 0 Å². The first kappa shape index (κ1) is 19.1. The molecule has 1 amide bonds. The van der Waals surface area contributed by atoms with Crippen LogP contribution in [0.1, 0.15) is 28.1 Å². The van der Waals surface area contributed by atoms with Crippen molar-refractivity contribution < 1.29 is 9.59 Å². The largest absolute Gasteiger partial charge is 0.380 e. The van der Waals surface area contributed by atoms with Crippen LogP contribution in [0.3, 0.4) is 0 Å². The smallest absolute Gasteiger partial charge is 0.224 e. The number of Topliss-reactive ketones (excluding diaryl/α,β-unsaturated/α-hetero) is 1. The number of anilines is 2. The number of halogens is 1. The van der Waals surface area contributed by atoms with Gasteiger partial charge in [0.05, 0.1) is 15.6 Å². The van der Waals surface area contributed by atoms with Gasteiger partial charge in [0, 0.05) is 25.1 Å². The summed E-state index contributed by atoms with van der Waals surface area (Å²) in [5.41, 5.74) is 2.56. The predicted molar refractivity (Wildman–Crippen MR) is 112 cm³/mol. The van der Waals surface area contributed by atoms with Gasteiger partial charge in [0.2, 0.25) is 5.91 Å². The van der Waals surface area contributed by atoms with E-state index >= 15 is 0 Å². The van der Waals surface area contributed by atoms with Crippen molar-refractivity contribution in [1.82, 2.24) is 0 Å². The molecule has 3 rings (SSSR count). The minimum absolute atomic E-state index is 0.0151. The Morgan fingerprint density at radius 2 is 1.78 bits per heavy atom. The van der Waals surface area contributed by atoms with E-state index in [1.807, 2.05) is 47.8 Å². The van der Waals surface area contributed by atoms with Crippen molar-refractivity contribution in [3.8, 4) is 0 Å². The van der Waals surface area contributed by atoms with E-state index in [0.29, 0.717) is 22.1 Å². The highest BCUT2D eigenvalue weighted by molar-refractivity contribution is 7.12. The molecule has 2 aromatic carbocycles. The van der Waals surface area contributed by atoms with Gasteiger partial charge in [-0.1, -0.05) is 48.0 Å². The third kappa shape index (κ3) is 5.67. The van der Waals surface area contributed by atoms with Crippen molar-refractivity contribution >= 4 is 46.0 Å². The van der Waals surface area contributed by atoms with Gasteiger partial charge in [0.25, 0.3) is 0 Å². The number of amides is 1. The van der Waals surface area contributed by atoms with Gasteiger partial charge in [-0.2, -0.15) is 0 Å². The van der Waals surface area contributed by atoms with Gasteiger partial charge in [0.15, 0.2) is 5.78 Å². The zero-order valence-electron chi connectivity index (χ0n) is 14.6. The number of carbonyl (C=O) groups is 2. The molecule has 0 saturated carbocycles. The number of benzene rings is 2. The summed E-state index contributed by atoms with van der Waals surface area (Å²) >= 11 is 7.70. The second kappa shape index (κ2) is 9.35. The van der Waals surface area contributed by atoms with Gasteiger partial charge < -0.3 is 10.6 Å². The summed E-state index contributed by atoms with van der Waals surface area (Å²) < 4.78 is 0. The lowest BCUT2D eigenvalue weighted by atomic mass is 10.2. The van der Waals surface area contributed by atoms with Crippen molar-refractivity contribution in [2.45, 2.75) is 19.4 Å². The number of thiophene rings is 1. The Hall–Kier alpha value is -2.63. The Balaban J connectivity index is 1.51. The third-order valence-electron chi connectivity index (χ3n) is 3.95. The molecule has 0 fully saturated rings. The molecule has 0 atom stereocenters. The van der Waals surface area contributed by atoms with Crippen LogP contribution in [0.2, 0.25) is 5.02 Å². The summed E-state index contributed by atoms with van der Waals surface area (Å²) in [6.45, 7) is 0.664. The molecular weight excluding hydrogens is 380 g/mol. The molecular formula is C21H19ClN2O2S. The maximum absolute atomic E-state index is 12.1. The molecule has 0 bridgehead atoms. The Labute approximate surface area is 167 Å². The first-order valence-electron chi connectivity index (χ1n) is 8.56. The summed E-state index contributed by atoms with van der Waals surface area (Å²) in [5, 5.41) is 8.44. The maximum atomic E-state index is 12.1. The quantitative estimate of drug-likeness (QED) is 0.484. The van der Waals surface area contributed by atoms with E-state index in [0.717, 1.165) is 11.3 Å². The van der Waals surface area contributed by atoms with Crippen molar-refractivity contribution in [2.75, 3.05) is 10.6 Å². The lowest BCUT2D eigenvalue weighted by molar-refractivity contribution is -0.116. The maximum Gasteiger partial charge on any atom is 0.224 e. The first-order chi connectivity index (χ1) is 13.1. The average Bonchev–Trinajstić information content (AvgIpc) is 3.21. The molecule has 2 N–H and O–H groups in total. The second-order valence-corrected chi connectivity index (χ2v) is 7.34. The van der Waals surface area contributed by atoms with Crippen LogP contribution in [-0.2, 0) is 11.3 Å². The topological polar surface area (TPSA) is 58.2 Å². The van der Waals surface area contributed by atoms with Gasteiger partial charge in [-0.3, -0.25) is 9.59 Å². The Morgan fingerprint density at radius 3 is 2.48 bits per heavy atom. The van der Waals surface area contributed by atoms with Crippen LogP contribution in [-0.4, -0.2) is 11.7 Å². The van der Waals surface area contributed by atoms with E-state index in [-0.39, 0.29) is 24.5 Å². The Morgan fingerprint density at radius 1 is 0.963 bits per heavy atom. The SMILES string of the molecule is O=C(CCC(=O)c1cccs1)Nc1ccc(NCc2ccccc2)c(Cl)c1. The van der Waals surface area contributed by atoms with Crippen LogP contribution in [0.5, 0.6) is 0 Å². The predicted octanol–water partition coefficient (Wildman–Crippen LogP) is 5.62. The van der Waals surface area contributed by atoms with Crippen molar-refractivity contribution in [3.05, 3.63) is 81.5 Å². The van der Waals surface area contributed by atoms with E-state index in [1.54, 1.807) is 18.2 Å².